The molecule has 0 spiro atoms. The first-order valence-electron chi connectivity index (χ1n) is 18.8. The van der Waals surface area contributed by atoms with E-state index in [0.717, 1.165) is 58.1 Å². The van der Waals surface area contributed by atoms with Crippen LogP contribution in [0.15, 0.2) is 107 Å². The minimum atomic E-state index is -2.24. The second kappa shape index (κ2) is 25.2. The second-order valence-corrected chi connectivity index (χ2v) is 16.8. The zero-order valence-electron chi connectivity index (χ0n) is 34.4. The van der Waals surface area contributed by atoms with Crippen molar-refractivity contribution in [2.75, 3.05) is 49.4 Å². The highest BCUT2D eigenvalue weighted by Gasteiger charge is 2.26. The van der Waals surface area contributed by atoms with Crippen molar-refractivity contribution in [1.29, 1.82) is 0 Å². The number of benzene rings is 3. The number of carbonyl (C=O) groups excluding carboxylic acids is 3. The van der Waals surface area contributed by atoms with Crippen molar-refractivity contribution >= 4 is 88.1 Å². The first-order chi connectivity index (χ1) is 28.1. The van der Waals surface area contributed by atoms with E-state index in [-0.39, 0.29) is 11.9 Å². The van der Waals surface area contributed by atoms with Crippen molar-refractivity contribution < 1.29 is 23.9 Å². The molecule has 0 bridgehead atoms. The number of rotatable bonds is 15. The molecule has 11 nitrogen and oxygen atoms in total. The Bertz CT molecular complexity index is 2050. The minimum absolute atomic E-state index is 0.271. The van der Waals surface area contributed by atoms with E-state index < -0.39 is 6.89 Å². The molecule has 0 saturated heterocycles. The third-order valence-corrected chi connectivity index (χ3v) is 13.2. The fraction of sp³-hybridized carbons (Fsp3) is 0.273. The van der Waals surface area contributed by atoms with Crippen molar-refractivity contribution in [3.63, 3.8) is 0 Å². The standard InChI is InChI=1S/C22H21O2P.C13H19N3O2S.C9H13N3OS/c1-2-24-22(23)18-25(19-12-6-3-7-13-19,20-14-8-4-9-15-20)21-16-10-5-11-17-21;1-5-14-12-10(7-8-11(17)18-6-2)9(3)15-13(16-12)19-4;1-4-10-8-7(5-13)6(2)11-9(12-8)14-3/h3-18H,2H2,1H3;7-8H,5-6H2,1-4H3,(H,14,15,16);5H,4H2,1-3H3,(H,10,11,12)/b;8-7+;. The maximum Gasteiger partial charge on any atom is 0.331 e. The number of ether oxygens (including phenoxy) is 2. The van der Waals surface area contributed by atoms with Gasteiger partial charge < -0.3 is 20.1 Å². The van der Waals surface area contributed by atoms with Gasteiger partial charge in [-0.2, -0.15) is 0 Å². The number of aldehydes is 1. The third kappa shape index (κ3) is 13.4. The maximum absolute atomic E-state index is 12.5. The van der Waals surface area contributed by atoms with Crippen molar-refractivity contribution in [2.45, 2.75) is 51.9 Å². The fourth-order valence-electron chi connectivity index (χ4n) is 5.58. The molecule has 0 amide bonds. The Balaban J connectivity index is 0.000000244. The highest BCUT2D eigenvalue weighted by molar-refractivity contribution is 7.98. The molecule has 3 aromatic carbocycles. The number of nitrogens with zero attached hydrogens (tertiary/aromatic N) is 4. The molecule has 5 aromatic rings. The van der Waals surface area contributed by atoms with Gasteiger partial charge in [0.05, 0.1) is 30.2 Å². The number of anilines is 2. The normalized spacial score (nSPS) is 10.6. The molecule has 2 N–H and O–H groups in total. The minimum Gasteiger partial charge on any atom is -0.463 e. The highest BCUT2D eigenvalue weighted by Crippen LogP contribution is 2.43. The quantitative estimate of drug-likeness (QED) is 0.0267. The van der Waals surface area contributed by atoms with E-state index >= 15 is 0 Å². The molecule has 0 fully saturated rings. The van der Waals surface area contributed by atoms with Crippen molar-refractivity contribution in [1.82, 2.24) is 19.9 Å². The Morgan fingerprint density at radius 1 is 0.621 bits per heavy atom. The molecule has 2 heterocycles. The lowest BCUT2D eigenvalue weighted by Crippen LogP contribution is -2.29. The Kier molecular flexibility index (Phi) is 20.5. The van der Waals surface area contributed by atoms with Gasteiger partial charge in [-0.1, -0.05) is 115 Å². The van der Waals surface area contributed by atoms with E-state index in [1.165, 1.54) is 29.6 Å². The van der Waals surface area contributed by atoms with Crippen LogP contribution >= 0.6 is 30.4 Å². The molecular weight excluding hydrogens is 788 g/mol. The topological polar surface area (TPSA) is 145 Å². The van der Waals surface area contributed by atoms with Crippen molar-refractivity contribution in [3.8, 4) is 0 Å². The van der Waals surface area contributed by atoms with Gasteiger partial charge in [0, 0.05) is 30.5 Å². The smallest absolute Gasteiger partial charge is 0.331 e. The lowest BCUT2D eigenvalue weighted by molar-refractivity contribution is -0.137. The van der Waals surface area contributed by atoms with Crippen LogP contribution in [0.5, 0.6) is 0 Å². The first kappa shape index (κ1) is 47.1. The van der Waals surface area contributed by atoms with E-state index in [4.69, 9.17) is 9.47 Å². The first-order valence-corrected chi connectivity index (χ1v) is 23.1. The van der Waals surface area contributed by atoms with Crippen LogP contribution in [0.3, 0.4) is 0 Å². The second-order valence-electron chi connectivity index (χ2n) is 12.0. The molecular formula is C44H53N6O5PS2. The molecule has 0 aliphatic rings. The summed E-state index contributed by atoms with van der Waals surface area (Å²) in [6, 6.07) is 30.7. The van der Waals surface area contributed by atoms with Gasteiger partial charge in [0.15, 0.2) is 16.6 Å². The number of nitrogens with one attached hydrogen (secondary N) is 2. The molecule has 0 aliphatic heterocycles. The van der Waals surface area contributed by atoms with Gasteiger partial charge in [-0.3, -0.25) is 4.79 Å². The molecule has 0 unspecified atom stereocenters. The lowest BCUT2D eigenvalue weighted by atomic mass is 10.2. The molecule has 5 rings (SSSR count). The van der Waals surface area contributed by atoms with E-state index in [1.807, 2.05) is 102 Å². The number of esters is 2. The van der Waals surface area contributed by atoms with Crippen LogP contribution in [-0.2, 0) is 19.1 Å². The Hall–Kier alpha value is -5.23. The number of hydrogen-bond acceptors (Lipinski definition) is 13. The average molecular weight is 841 g/mol. The largest absolute Gasteiger partial charge is 0.463 e. The summed E-state index contributed by atoms with van der Waals surface area (Å²) in [6.07, 6.45) is 7.71. The van der Waals surface area contributed by atoms with Crippen LogP contribution in [0.4, 0.5) is 11.6 Å². The molecule has 0 saturated carbocycles. The van der Waals surface area contributed by atoms with Gasteiger partial charge in [-0.25, -0.2) is 29.5 Å². The Morgan fingerprint density at radius 2 is 1.02 bits per heavy atom. The van der Waals surface area contributed by atoms with Gasteiger partial charge >= 0.3 is 11.9 Å². The highest BCUT2D eigenvalue weighted by atomic mass is 32.2. The molecule has 58 heavy (non-hydrogen) atoms. The number of aromatic nitrogens is 4. The van der Waals surface area contributed by atoms with Gasteiger partial charge in [0.25, 0.3) is 0 Å². The van der Waals surface area contributed by atoms with Crippen LogP contribution < -0.4 is 26.5 Å². The molecule has 14 heteroatoms. The zero-order valence-corrected chi connectivity index (χ0v) is 36.9. The number of hydrogen-bond donors (Lipinski definition) is 2. The van der Waals surface area contributed by atoms with E-state index in [1.54, 1.807) is 18.8 Å². The summed E-state index contributed by atoms with van der Waals surface area (Å²) < 4.78 is 10.2. The summed E-state index contributed by atoms with van der Waals surface area (Å²) in [6.45, 7) is 11.3. The van der Waals surface area contributed by atoms with Crippen LogP contribution in [0.1, 0.15) is 55.0 Å². The van der Waals surface area contributed by atoms with E-state index in [0.29, 0.717) is 34.9 Å². The molecule has 0 radical (unpaired) electrons. The van der Waals surface area contributed by atoms with Crippen LogP contribution in [0.25, 0.3) is 6.08 Å². The monoisotopic (exact) mass is 840 g/mol. The van der Waals surface area contributed by atoms with Gasteiger partial charge in [0.2, 0.25) is 0 Å². The van der Waals surface area contributed by atoms with E-state index in [2.05, 4.69) is 67.0 Å². The van der Waals surface area contributed by atoms with Crippen molar-refractivity contribution in [2.24, 2.45) is 0 Å². The summed E-state index contributed by atoms with van der Waals surface area (Å²) >= 11 is 2.95. The molecule has 2 aromatic heterocycles. The molecule has 306 valence electrons. The number of carbonyl (C=O) groups is 3. The third-order valence-electron chi connectivity index (χ3n) is 8.15. The predicted molar refractivity (Wildman–Crippen MR) is 244 cm³/mol. The summed E-state index contributed by atoms with van der Waals surface area (Å²) in [5.41, 5.74) is 2.91. The Morgan fingerprint density at radius 3 is 1.40 bits per heavy atom. The summed E-state index contributed by atoms with van der Waals surface area (Å²) in [4.78, 5) is 51.8. The number of thioether (sulfide) groups is 2. The average Bonchev–Trinajstić information content (AvgIpc) is 3.24. The van der Waals surface area contributed by atoms with Crippen molar-refractivity contribution in [3.05, 3.63) is 120 Å². The molecule has 0 atom stereocenters. The Labute approximate surface area is 351 Å². The maximum atomic E-state index is 12.5. The summed E-state index contributed by atoms with van der Waals surface area (Å²) in [5, 5.41) is 11.0. The SMILES string of the molecule is CCNc1nc(SC)nc(C)c1/C=C/C(=O)OCC.CCNc1nc(SC)nc(C)c1C=O.CCOC(=O)C=P(c1ccccc1)(c1ccccc1)c1ccccc1. The van der Waals surface area contributed by atoms with Gasteiger partial charge in [0.1, 0.15) is 11.6 Å². The van der Waals surface area contributed by atoms with Gasteiger partial charge in [-0.05, 0) is 82.9 Å². The fourth-order valence-corrected chi connectivity index (χ4v) is 10.1. The zero-order chi connectivity index (χ0) is 42.3. The van der Waals surface area contributed by atoms with E-state index in [9.17, 15) is 14.4 Å². The lowest BCUT2D eigenvalue weighted by Gasteiger charge is -2.28. The number of aryl methyl sites for hydroxylation is 2. The molecule has 0 aliphatic carbocycles. The predicted octanol–water partition coefficient (Wildman–Crippen LogP) is 7.61. The van der Waals surface area contributed by atoms with Crippen LogP contribution in [-0.4, -0.2) is 82.8 Å². The summed E-state index contributed by atoms with van der Waals surface area (Å²) in [7, 11) is 0. The van der Waals surface area contributed by atoms with Crippen LogP contribution in [0.2, 0.25) is 0 Å². The van der Waals surface area contributed by atoms with Crippen LogP contribution in [0, 0.1) is 13.8 Å². The van der Waals surface area contributed by atoms with Gasteiger partial charge in [-0.15, -0.1) is 0 Å². The summed E-state index contributed by atoms with van der Waals surface area (Å²) in [5.74, 6) is 2.53.